The standard InChI is InChI=1S/C9H11F2N3O/c1-9(10,11)5-14-4-6-2-3-12-8(15)7(6)13-14/h4H,2-3,5H2,1H3,(H,12,15). The normalized spacial score (nSPS) is 16.1. The van der Waals surface area contributed by atoms with Crippen molar-refractivity contribution in [2.45, 2.75) is 25.8 Å². The van der Waals surface area contributed by atoms with Crippen molar-refractivity contribution in [3.63, 3.8) is 0 Å². The molecule has 2 rings (SSSR count). The van der Waals surface area contributed by atoms with Gasteiger partial charge < -0.3 is 5.32 Å². The zero-order valence-corrected chi connectivity index (χ0v) is 8.26. The largest absolute Gasteiger partial charge is 0.350 e. The predicted molar refractivity (Wildman–Crippen MR) is 48.9 cm³/mol. The molecule has 0 atom stereocenters. The fraction of sp³-hybridized carbons (Fsp3) is 0.556. The molecule has 1 aliphatic rings. The molecule has 0 spiro atoms. The zero-order chi connectivity index (χ0) is 11.1. The van der Waals surface area contributed by atoms with Gasteiger partial charge in [0.05, 0.1) is 0 Å². The zero-order valence-electron chi connectivity index (χ0n) is 8.26. The molecule has 0 bridgehead atoms. The van der Waals surface area contributed by atoms with Gasteiger partial charge in [-0.05, 0) is 6.42 Å². The molecule has 0 radical (unpaired) electrons. The number of carbonyl (C=O) groups is 1. The number of nitrogens with one attached hydrogen (secondary N) is 1. The fourth-order valence-corrected chi connectivity index (χ4v) is 1.60. The van der Waals surface area contributed by atoms with E-state index in [0.29, 0.717) is 13.0 Å². The van der Waals surface area contributed by atoms with Gasteiger partial charge in [0.15, 0.2) is 5.69 Å². The lowest BCUT2D eigenvalue weighted by molar-refractivity contribution is 0.000464. The Morgan fingerprint density at radius 1 is 1.67 bits per heavy atom. The van der Waals surface area contributed by atoms with Gasteiger partial charge in [-0.3, -0.25) is 9.48 Å². The third-order valence-electron chi connectivity index (χ3n) is 2.17. The van der Waals surface area contributed by atoms with Crippen molar-refractivity contribution in [1.29, 1.82) is 0 Å². The molecule has 82 valence electrons. The van der Waals surface area contributed by atoms with Crippen molar-refractivity contribution in [3.05, 3.63) is 17.5 Å². The van der Waals surface area contributed by atoms with Crippen molar-refractivity contribution in [2.75, 3.05) is 6.54 Å². The summed E-state index contributed by atoms with van der Waals surface area (Å²) in [5, 5.41) is 6.45. The molecule has 0 unspecified atom stereocenters. The molecule has 15 heavy (non-hydrogen) atoms. The Bertz CT molecular complexity index is 395. The van der Waals surface area contributed by atoms with Crippen LogP contribution in [0.5, 0.6) is 0 Å². The first-order valence-electron chi connectivity index (χ1n) is 4.68. The van der Waals surface area contributed by atoms with Gasteiger partial charge in [-0.25, -0.2) is 8.78 Å². The SMILES string of the molecule is CC(F)(F)Cn1cc2c(n1)C(=O)NCC2. The van der Waals surface area contributed by atoms with Crippen LogP contribution in [0.1, 0.15) is 23.0 Å². The maximum Gasteiger partial charge on any atom is 0.272 e. The van der Waals surface area contributed by atoms with Crippen LogP contribution in [0, 0.1) is 0 Å². The Kier molecular flexibility index (Phi) is 2.21. The molecule has 0 saturated carbocycles. The molecule has 1 N–H and O–H groups in total. The predicted octanol–water partition coefficient (Wildman–Crippen LogP) is 0.824. The molecule has 1 aromatic rings. The highest BCUT2D eigenvalue weighted by molar-refractivity contribution is 5.94. The molecule has 0 aromatic carbocycles. The second-order valence-electron chi connectivity index (χ2n) is 3.78. The highest BCUT2D eigenvalue weighted by atomic mass is 19.3. The minimum atomic E-state index is -2.81. The molecular weight excluding hydrogens is 204 g/mol. The number of hydrogen-bond donors (Lipinski definition) is 1. The van der Waals surface area contributed by atoms with Crippen molar-refractivity contribution in [2.24, 2.45) is 0 Å². The first-order chi connectivity index (χ1) is 6.96. The van der Waals surface area contributed by atoms with Crippen LogP contribution in [0.4, 0.5) is 8.78 Å². The maximum atomic E-state index is 12.7. The van der Waals surface area contributed by atoms with Crippen molar-refractivity contribution in [1.82, 2.24) is 15.1 Å². The smallest absolute Gasteiger partial charge is 0.272 e. The fourth-order valence-electron chi connectivity index (χ4n) is 1.60. The van der Waals surface area contributed by atoms with E-state index in [4.69, 9.17) is 0 Å². The van der Waals surface area contributed by atoms with Crippen LogP contribution in [0.2, 0.25) is 0 Å². The molecule has 4 nitrogen and oxygen atoms in total. The average molecular weight is 215 g/mol. The van der Waals surface area contributed by atoms with Crippen LogP contribution in [0.25, 0.3) is 0 Å². The van der Waals surface area contributed by atoms with Crippen molar-refractivity contribution < 1.29 is 13.6 Å². The van der Waals surface area contributed by atoms with Gasteiger partial charge in [-0.2, -0.15) is 5.10 Å². The van der Waals surface area contributed by atoms with Gasteiger partial charge in [-0.1, -0.05) is 0 Å². The lowest BCUT2D eigenvalue weighted by Crippen LogP contribution is -2.31. The Morgan fingerprint density at radius 2 is 2.40 bits per heavy atom. The summed E-state index contributed by atoms with van der Waals surface area (Å²) in [7, 11) is 0. The summed E-state index contributed by atoms with van der Waals surface area (Å²) >= 11 is 0. The molecule has 1 aromatic heterocycles. The third-order valence-corrected chi connectivity index (χ3v) is 2.17. The number of amides is 1. The average Bonchev–Trinajstić information content (AvgIpc) is 2.45. The van der Waals surface area contributed by atoms with E-state index in [1.54, 1.807) is 0 Å². The highest BCUT2D eigenvalue weighted by Crippen LogP contribution is 2.17. The van der Waals surface area contributed by atoms with E-state index < -0.39 is 12.5 Å². The maximum absolute atomic E-state index is 12.7. The molecular formula is C9H11F2N3O. The summed E-state index contributed by atoms with van der Waals surface area (Å²) in [5.41, 5.74) is 1.01. The molecule has 1 aliphatic heterocycles. The lowest BCUT2D eigenvalue weighted by Gasteiger charge is -2.09. The van der Waals surface area contributed by atoms with Crippen LogP contribution in [-0.4, -0.2) is 28.2 Å². The van der Waals surface area contributed by atoms with Gasteiger partial charge in [-0.15, -0.1) is 0 Å². The number of nitrogens with zero attached hydrogens (tertiary/aromatic N) is 2. The van der Waals surface area contributed by atoms with E-state index in [-0.39, 0.29) is 11.6 Å². The molecule has 0 saturated heterocycles. The number of halogens is 2. The Labute approximate surface area is 85.3 Å². The Balaban J connectivity index is 2.26. The monoisotopic (exact) mass is 215 g/mol. The Hall–Kier alpha value is -1.46. The van der Waals surface area contributed by atoms with Crippen LogP contribution in [0.15, 0.2) is 6.20 Å². The Morgan fingerprint density at radius 3 is 3.00 bits per heavy atom. The number of fused-ring (bicyclic) bond motifs is 1. The van der Waals surface area contributed by atoms with Crippen LogP contribution in [0.3, 0.4) is 0 Å². The van der Waals surface area contributed by atoms with E-state index in [2.05, 4.69) is 10.4 Å². The molecule has 0 fully saturated rings. The van der Waals surface area contributed by atoms with Crippen LogP contribution >= 0.6 is 0 Å². The number of carbonyl (C=O) groups excluding carboxylic acids is 1. The van der Waals surface area contributed by atoms with Crippen molar-refractivity contribution in [3.8, 4) is 0 Å². The van der Waals surface area contributed by atoms with E-state index in [0.717, 1.165) is 17.2 Å². The molecule has 6 heteroatoms. The first-order valence-corrected chi connectivity index (χ1v) is 4.68. The summed E-state index contributed by atoms with van der Waals surface area (Å²) in [4.78, 5) is 11.3. The van der Waals surface area contributed by atoms with E-state index in [1.165, 1.54) is 6.20 Å². The summed E-state index contributed by atoms with van der Waals surface area (Å²) < 4.78 is 26.6. The number of aromatic nitrogens is 2. The van der Waals surface area contributed by atoms with Gasteiger partial charge in [0.1, 0.15) is 6.54 Å². The van der Waals surface area contributed by atoms with Crippen molar-refractivity contribution >= 4 is 5.91 Å². The van der Waals surface area contributed by atoms with Gasteiger partial charge in [0.2, 0.25) is 0 Å². The second kappa shape index (κ2) is 3.29. The number of hydrogen-bond acceptors (Lipinski definition) is 2. The minimum Gasteiger partial charge on any atom is -0.350 e. The highest BCUT2D eigenvalue weighted by Gasteiger charge is 2.26. The van der Waals surface area contributed by atoms with Crippen LogP contribution < -0.4 is 5.32 Å². The summed E-state index contributed by atoms with van der Waals surface area (Å²) in [5.74, 6) is -3.10. The van der Waals surface area contributed by atoms with E-state index in [9.17, 15) is 13.6 Å². The molecule has 1 amide bonds. The summed E-state index contributed by atoms with van der Waals surface area (Å²) in [6.45, 7) is 0.876. The summed E-state index contributed by atoms with van der Waals surface area (Å²) in [6, 6.07) is 0. The van der Waals surface area contributed by atoms with Gasteiger partial charge in [0.25, 0.3) is 11.8 Å². The molecule has 2 heterocycles. The summed E-state index contributed by atoms with van der Waals surface area (Å²) in [6.07, 6.45) is 2.17. The minimum absolute atomic E-state index is 0.269. The van der Waals surface area contributed by atoms with Gasteiger partial charge in [0, 0.05) is 25.2 Å². The first kappa shape index (κ1) is 10.1. The second-order valence-corrected chi connectivity index (χ2v) is 3.78. The number of rotatable bonds is 2. The van der Waals surface area contributed by atoms with Crippen LogP contribution in [-0.2, 0) is 13.0 Å². The van der Waals surface area contributed by atoms with E-state index in [1.807, 2.05) is 0 Å². The third kappa shape index (κ3) is 2.14. The quantitative estimate of drug-likeness (QED) is 0.794. The topological polar surface area (TPSA) is 46.9 Å². The lowest BCUT2D eigenvalue weighted by atomic mass is 10.1. The number of alkyl halides is 2. The van der Waals surface area contributed by atoms with Gasteiger partial charge >= 0.3 is 0 Å². The van der Waals surface area contributed by atoms with E-state index >= 15 is 0 Å². The molecule has 0 aliphatic carbocycles.